The van der Waals surface area contributed by atoms with E-state index in [1.165, 1.54) is 6.26 Å². The number of para-hydroxylation sites is 1. The number of furan rings is 1. The molecule has 0 unspecified atom stereocenters. The van der Waals surface area contributed by atoms with Gasteiger partial charge in [-0.2, -0.15) is 0 Å². The van der Waals surface area contributed by atoms with Gasteiger partial charge in [0.1, 0.15) is 17.8 Å². The molecule has 2 aromatic rings. The highest BCUT2D eigenvalue weighted by Crippen LogP contribution is 2.36. The molecule has 0 saturated carbocycles. The molecule has 1 aliphatic heterocycles. The predicted molar refractivity (Wildman–Crippen MR) is 71.5 cm³/mol. The van der Waals surface area contributed by atoms with Crippen LogP contribution in [0.25, 0.3) is 0 Å². The molecular formula is C15H15NO3. The Kier molecular flexibility index (Phi) is 2.78. The van der Waals surface area contributed by atoms with E-state index in [0.717, 1.165) is 18.4 Å². The molecule has 0 bridgehead atoms. The van der Waals surface area contributed by atoms with Crippen LogP contribution in [0.3, 0.4) is 0 Å². The van der Waals surface area contributed by atoms with Crippen LogP contribution in [-0.4, -0.2) is 17.6 Å². The van der Waals surface area contributed by atoms with Gasteiger partial charge in [-0.25, -0.2) is 0 Å². The maximum atomic E-state index is 12.5. The minimum Gasteiger partial charge on any atom is -0.506 e. The first kappa shape index (κ1) is 11.8. The first-order valence-corrected chi connectivity index (χ1v) is 6.34. The van der Waals surface area contributed by atoms with Gasteiger partial charge in [-0.15, -0.1) is 0 Å². The summed E-state index contributed by atoms with van der Waals surface area (Å²) in [4.78, 5) is 14.1. The number of aryl methyl sites for hydroxylation is 2. The summed E-state index contributed by atoms with van der Waals surface area (Å²) in [7, 11) is 0. The van der Waals surface area contributed by atoms with Gasteiger partial charge < -0.3 is 14.4 Å². The summed E-state index contributed by atoms with van der Waals surface area (Å²) in [6.07, 6.45) is 3.25. The van der Waals surface area contributed by atoms with Crippen molar-refractivity contribution in [3.05, 3.63) is 47.4 Å². The van der Waals surface area contributed by atoms with Crippen molar-refractivity contribution in [2.45, 2.75) is 19.8 Å². The predicted octanol–water partition coefficient (Wildman–Crippen LogP) is 2.89. The molecule has 1 aliphatic rings. The molecule has 19 heavy (non-hydrogen) atoms. The van der Waals surface area contributed by atoms with Gasteiger partial charge in [-0.05, 0) is 37.5 Å². The quantitative estimate of drug-likeness (QED) is 0.854. The zero-order chi connectivity index (χ0) is 13.4. The van der Waals surface area contributed by atoms with Crippen molar-refractivity contribution in [1.82, 2.24) is 0 Å². The average molecular weight is 257 g/mol. The molecule has 0 radical (unpaired) electrons. The van der Waals surface area contributed by atoms with Crippen LogP contribution < -0.4 is 4.90 Å². The van der Waals surface area contributed by atoms with Gasteiger partial charge in [0.25, 0.3) is 5.91 Å². The van der Waals surface area contributed by atoms with Crippen LogP contribution in [0.4, 0.5) is 5.69 Å². The molecule has 4 heteroatoms. The summed E-state index contributed by atoms with van der Waals surface area (Å²) in [6, 6.07) is 7.10. The molecule has 0 saturated heterocycles. The normalized spacial score (nSPS) is 14.3. The van der Waals surface area contributed by atoms with Crippen molar-refractivity contribution < 1.29 is 14.3 Å². The molecule has 0 spiro atoms. The number of nitrogens with zero attached hydrogens (tertiary/aromatic N) is 1. The number of hydrogen-bond donors (Lipinski definition) is 1. The number of carbonyl (C=O) groups is 1. The average Bonchev–Trinajstić information content (AvgIpc) is 2.84. The summed E-state index contributed by atoms with van der Waals surface area (Å²) < 4.78 is 5.18. The first-order valence-electron chi connectivity index (χ1n) is 6.34. The summed E-state index contributed by atoms with van der Waals surface area (Å²) in [5.41, 5.74) is 2.17. The van der Waals surface area contributed by atoms with Gasteiger partial charge in [0.15, 0.2) is 0 Å². The van der Waals surface area contributed by atoms with Gasteiger partial charge in [-0.3, -0.25) is 4.79 Å². The number of aromatic hydroxyl groups is 1. The lowest BCUT2D eigenvalue weighted by Gasteiger charge is -2.29. The Balaban J connectivity index is 2.02. The van der Waals surface area contributed by atoms with Crippen LogP contribution in [0.15, 0.2) is 34.9 Å². The third-order valence-electron chi connectivity index (χ3n) is 3.42. The van der Waals surface area contributed by atoms with Crippen LogP contribution in [0, 0.1) is 6.92 Å². The molecule has 1 aromatic carbocycles. The molecular weight excluding hydrogens is 242 g/mol. The van der Waals surface area contributed by atoms with E-state index in [1.807, 2.05) is 12.1 Å². The van der Waals surface area contributed by atoms with Gasteiger partial charge in [0.05, 0.1) is 11.3 Å². The highest BCUT2D eigenvalue weighted by atomic mass is 16.3. The number of carbonyl (C=O) groups excluding carboxylic acids is 1. The van der Waals surface area contributed by atoms with Crippen LogP contribution in [-0.2, 0) is 6.42 Å². The Morgan fingerprint density at radius 1 is 1.42 bits per heavy atom. The highest BCUT2D eigenvalue weighted by Gasteiger charge is 2.26. The molecule has 2 heterocycles. The monoisotopic (exact) mass is 257 g/mol. The number of benzene rings is 1. The minimum absolute atomic E-state index is 0.126. The van der Waals surface area contributed by atoms with E-state index in [4.69, 9.17) is 4.42 Å². The maximum Gasteiger partial charge on any atom is 0.261 e. The van der Waals surface area contributed by atoms with Crippen LogP contribution in [0.5, 0.6) is 5.75 Å². The molecule has 4 nitrogen and oxygen atoms in total. The Morgan fingerprint density at radius 2 is 2.26 bits per heavy atom. The second kappa shape index (κ2) is 4.46. The summed E-state index contributed by atoms with van der Waals surface area (Å²) in [5.74, 6) is 0.739. The van der Waals surface area contributed by atoms with E-state index in [0.29, 0.717) is 23.6 Å². The van der Waals surface area contributed by atoms with Gasteiger partial charge in [0.2, 0.25) is 0 Å². The second-order valence-corrected chi connectivity index (χ2v) is 4.79. The van der Waals surface area contributed by atoms with Crippen molar-refractivity contribution in [2.75, 3.05) is 11.4 Å². The Bertz CT molecular complexity index is 630. The van der Waals surface area contributed by atoms with Crippen LogP contribution in [0.1, 0.15) is 28.1 Å². The molecule has 3 rings (SSSR count). The van der Waals surface area contributed by atoms with Crippen molar-refractivity contribution in [3.8, 4) is 5.75 Å². The van der Waals surface area contributed by atoms with Crippen molar-refractivity contribution >= 4 is 11.6 Å². The van der Waals surface area contributed by atoms with Gasteiger partial charge >= 0.3 is 0 Å². The van der Waals surface area contributed by atoms with Crippen LogP contribution in [0.2, 0.25) is 0 Å². The SMILES string of the molecule is Cc1cc(C(=O)N2CCCc3cccc(O)c32)co1. The summed E-state index contributed by atoms with van der Waals surface area (Å²) in [5, 5.41) is 10.0. The Labute approximate surface area is 111 Å². The highest BCUT2D eigenvalue weighted by molar-refractivity contribution is 6.07. The lowest BCUT2D eigenvalue weighted by molar-refractivity contribution is 0.0983. The van der Waals surface area contributed by atoms with Gasteiger partial charge in [0, 0.05) is 6.54 Å². The molecule has 0 atom stereocenters. The number of anilines is 1. The zero-order valence-corrected chi connectivity index (χ0v) is 10.7. The fourth-order valence-corrected chi connectivity index (χ4v) is 2.55. The number of fused-ring (bicyclic) bond motifs is 1. The summed E-state index contributed by atoms with van der Waals surface area (Å²) >= 11 is 0. The van der Waals surface area contributed by atoms with E-state index in [2.05, 4.69) is 0 Å². The molecule has 1 aromatic heterocycles. The lowest BCUT2D eigenvalue weighted by atomic mass is 10.0. The third-order valence-corrected chi connectivity index (χ3v) is 3.42. The third kappa shape index (κ3) is 1.99. The molecule has 1 N–H and O–H groups in total. The number of hydrogen-bond acceptors (Lipinski definition) is 3. The van der Waals surface area contributed by atoms with E-state index >= 15 is 0 Å². The second-order valence-electron chi connectivity index (χ2n) is 4.79. The van der Waals surface area contributed by atoms with Crippen molar-refractivity contribution in [2.24, 2.45) is 0 Å². The fourth-order valence-electron chi connectivity index (χ4n) is 2.55. The standard InChI is InChI=1S/C15H15NO3/c1-10-8-12(9-19-10)15(18)16-7-3-5-11-4-2-6-13(17)14(11)16/h2,4,6,8-9,17H,3,5,7H2,1H3. The van der Waals surface area contributed by atoms with Crippen LogP contribution >= 0.6 is 0 Å². The number of amides is 1. The first-order chi connectivity index (χ1) is 9.16. The molecule has 0 aliphatic carbocycles. The smallest absolute Gasteiger partial charge is 0.261 e. The zero-order valence-electron chi connectivity index (χ0n) is 10.7. The number of phenols is 1. The van der Waals surface area contributed by atoms with Crippen molar-refractivity contribution in [1.29, 1.82) is 0 Å². The Hall–Kier alpha value is -2.23. The van der Waals surface area contributed by atoms with E-state index in [1.54, 1.807) is 24.0 Å². The number of rotatable bonds is 1. The topological polar surface area (TPSA) is 53.7 Å². The number of phenolic OH excluding ortho intramolecular Hbond substituents is 1. The minimum atomic E-state index is -0.126. The molecule has 1 amide bonds. The molecule has 98 valence electrons. The molecule has 0 fully saturated rings. The summed E-state index contributed by atoms with van der Waals surface area (Å²) in [6.45, 7) is 2.42. The van der Waals surface area contributed by atoms with Gasteiger partial charge in [-0.1, -0.05) is 12.1 Å². The largest absolute Gasteiger partial charge is 0.506 e. The van der Waals surface area contributed by atoms with E-state index in [9.17, 15) is 9.90 Å². The Morgan fingerprint density at radius 3 is 3.00 bits per heavy atom. The van der Waals surface area contributed by atoms with E-state index in [-0.39, 0.29) is 11.7 Å². The van der Waals surface area contributed by atoms with Crippen molar-refractivity contribution in [3.63, 3.8) is 0 Å². The maximum absolute atomic E-state index is 12.5. The van der Waals surface area contributed by atoms with E-state index < -0.39 is 0 Å². The fraction of sp³-hybridized carbons (Fsp3) is 0.267. The lowest BCUT2D eigenvalue weighted by Crippen LogP contribution is -2.35.